The number of β-amino-alcohol motifs (C(OH)–C–C–N with tert-alkyl or cyclic N) is 1. The molecule has 0 aliphatic carbocycles. The van der Waals surface area contributed by atoms with Gasteiger partial charge in [-0.3, -0.25) is 29.3 Å². The van der Waals surface area contributed by atoms with Gasteiger partial charge in [-0.05, 0) is 110 Å². The molecular weight excluding hydrogens is 1190 g/mol. The molecule has 0 bridgehead atoms. The third-order valence-corrected chi connectivity index (χ3v) is 19.1. The zero-order chi connectivity index (χ0) is 63.4. The van der Waals surface area contributed by atoms with E-state index in [4.69, 9.17) is 4.74 Å². The lowest BCUT2D eigenvalue weighted by molar-refractivity contribution is -0.144. The highest BCUT2D eigenvalue weighted by Crippen LogP contribution is 2.35. The molecule has 0 saturated carbocycles. The number of carbonyl (C=O) groups excluding carboxylic acids is 5. The van der Waals surface area contributed by atoms with Gasteiger partial charge < -0.3 is 40.3 Å². The van der Waals surface area contributed by atoms with Crippen molar-refractivity contribution < 1.29 is 48.1 Å². The van der Waals surface area contributed by atoms with E-state index in [1.165, 1.54) is 39.7 Å². The number of ether oxygens (including phenoxy) is 1. The molecule has 22 heteroatoms. The van der Waals surface area contributed by atoms with Crippen LogP contribution in [0.4, 0.5) is 14.7 Å². The molecule has 4 atom stereocenters. The van der Waals surface area contributed by atoms with Gasteiger partial charge in [-0.15, -0.1) is 22.7 Å². The monoisotopic (exact) mass is 1270 g/mol. The van der Waals surface area contributed by atoms with Gasteiger partial charge in [0.15, 0.2) is 27.5 Å². The van der Waals surface area contributed by atoms with Crippen LogP contribution >= 0.6 is 34.0 Å². The molecule has 1 saturated heterocycles. The number of aliphatic hydroxyl groups is 1. The molecule has 0 spiro atoms. The molecule has 4 aromatic carbocycles. The Balaban J connectivity index is 0.647. The van der Waals surface area contributed by atoms with E-state index < -0.39 is 41.3 Å². The Hall–Kier alpha value is -8.10. The lowest BCUT2D eigenvalue weighted by atomic mass is 9.85. The summed E-state index contributed by atoms with van der Waals surface area (Å²) in [4.78, 5) is 100.0. The largest absolute Gasteiger partial charge is 0.491 e. The third kappa shape index (κ3) is 17.0. The fourth-order valence-corrected chi connectivity index (χ4v) is 13.8. The van der Waals surface area contributed by atoms with Gasteiger partial charge in [0.25, 0.3) is 5.91 Å². The molecule has 9 rings (SSSR count). The molecule has 0 unspecified atom stereocenters. The van der Waals surface area contributed by atoms with Crippen LogP contribution in [-0.2, 0) is 38.6 Å². The van der Waals surface area contributed by atoms with E-state index in [9.17, 15) is 39.0 Å². The Morgan fingerprint density at radius 3 is 2.37 bits per heavy atom. The highest BCUT2D eigenvalue weighted by Gasteiger charge is 2.45. The number of anilines is 2. The summed E-state index contributed by atoms with van der Waals surface area (Å²) >= 11 is 4.26. The molecule has 5 amide bonds. The molecule has 89 heavy (non-hydrogen) atoms. The van der Waals surface area contributed by atoms with Gasteiger partial charge in [-0.25, -0.2) is 24.1 Å². The number of unbranched alkanes of at least 4 members (excludes halogenated alkanes) is 5. The summed E-state index contributed by atoms with van der Waals surface area (Å²) < 4.78 is 22.0. The standard InChI is InChI=1S/C67H76FN9O9S3/c1-41(44-27-29-46(30-28-44)59-42(2)69-40-87-59)70-62(82)52-37-47(78)38-77(52)63(83)60(67(3,4)5)72-56(79)24-11-9-7-8-10-12-25-57(80)75(6)33-16-18-43-26-31-53(50(68)36-43)86-35-17-23-55-58(64(84)85)73-66(89-55)76-34-32-45-19-15-20-48(49(45)39-76)61(81)74-65-71-51-21-13-14-22-54(51)88-65/h13-15,19-22,26-31,36,40-41,47,52,60,78H,7-12,17,23-25,32-35,37-39H2,1-6H3,(H,70,82)(H,72,79)(H,84,85)(H,71,74,81)/t41-,47+,52-,60+/m0/s1. The van der Waals surface area contributed by atoms with Crippen molar-refractivity contribution in [2.75, 3.05) is 43.5 Å². The van der Waals surface area contributed by atoms with Crippen molar-refractivity contribution in [1.82, 2.24) is 35.4 Å². The maximum atomic E-state index is 15.2. The number of thiazole rings is 3. The summed E-state index contributed by atoms with van der Waals surface area (Å²) in [5.41, 5.74) is 7.65. The average Bonchev–Trinajstić information content (AvgIpc) is 3.36. The van der Waals surface area contributed by atoms with Gasteiger partial charge in [0, 0.05) is 61.9 Å². The summed E-state index contributed by atoms with van der Waals surface area (Å²) in [6.45, 7) is 10.7. The number of nitrogens with zero attached hydrogens (tertiary/aromatic N) is 6. The smallest absolute Gasteiger partial charge is 0.355 e. The van der Waals surface area contributed by atoms with E-state index in [2.05, 4.69) is 42.7 Å². The predicted molar refractivity (Wildman–Crippen MR) is 346 cm³/mol. The predicted octanol–water partition coefficient (Wildman–Crippen LogP) is 11.1. The molecule has 7 aromatic rings. The number of hydrogen-bond acceptors (Lipinski definition) is 15. The number of rotatable bonds is 25. The second-order valence-electron chi connectivity index (χ2n) is 23.8. The number of aromatic nitrogens is 3. The first-order valence-electron chi connectivity index (χ1n) is 30.2. The number of carboxylic acid groups (broad SMARTS) is 1. The van der Waals surface area contributed by atoms with Crippen LogP contribution in [0.2, 0.25) is 0 Å². The fraction of sp³-hybridized carbons (Fsp3) is 0.418. The second-order valence-corrected chi connectivity index (χ2v) is 26.7. The number of likely N-dealkylation sites (tertiary alicyclic amines) is 1. The topological polar surface area (TPSA) is 237 Å². The average molecular weight is 1270 g/mol. The molecule has 1 fully saturated rings. The number of halogens is 1. The quantitative estimate of drug-likeness (QED) is 0.0265. The van der Waals surface area contributed by atoms with Gasteiger partial charge in [-0.1, -0.05) is 118 Å². The molecule has 18 nitrogen and oxygen atoms in total. The number of amides is 5. The van der Waals surface area contributed by atoms with Crippen LogP contribution in [0.3, 0.4) is 0 Å². The lowest BCUT2D eigenvalue weighted by Crippen LogP contribution is -2.57. The van der Waals surface area contributed by atoms with Crippen molar-refractivity contribution >= 4 is 90.0 Å². The number of aliphatic hydroxyl groups excluding tert-OH is 1. The number of carbonyl (C=O) groups is 6. The maximum Gasteiger partial charge on any atom is 0.355 e. The van der Waals surface area contributed by atoms with Crippen LogP contribution in [0.15, 0.2) is 90.4 Å². The van der Waals surface area contributed by atoms with E-state index in [0.717, 1.165) is 68.7 Å². The van der Waals surface area contributed by atoms with Gasteiger partial charge in [0.2, 0.25) is 23.6 Å². The summed E-state index contributed by atoms with van der Waals surface area (Å²) in [6.07, 6.45) is 5.91. The number of nitrogens with one attached hydrogen (secondary N) is 3. The van der Waals surface area contributed by atoms with Crippen molar-refractivity contribution in [2.24, 2.45) is 5.41 Å². The summed E-state index contributed by atoms with van der Waals surface area (Å²) in [7, 11) is 1.68. The molecule has 2 aliphatic rings. The highest BCUT2D eigenvalue weighted by molar-refractivity contribution is 7.22. The summed E-state index contributed by atoms with van der Waals surface area (Å²) in [5.74, 6) is 2.83. The molecule has 5 N–H and O–H groups in total. The van der Waals surface area contributed by atoms with Crippen molar-refractivity contribution in [2.45, 2.75) is 142 Å². The Morgan fingerprint density at radius 1 is 0.899 bits per heavy atom. The third-order valence-electron chi connectivity index (χ3n) is 16.0. The molecule has 0 radical (unpaired) electrons. The number of carboxylic acids is 1. The maximum absolute atomic E-state index is 15.2. The zero-order valence-electron chi connectivity index (χ0n) is 51.0. The second kappa shape index (κ2) is 29.9. The Bertz CT molecular complexity index is 3720. The van der Waals surface area contributed by atoms with Crippen molar-refractivity contribution in [1.29, 1.82) is 0 Å². The van der Waals surface area contributed by atoms with E-state index in [1.807, 2.05) is 106 Å². The number of hydrogen-bond donors (Lipinski definition) is 5. The van der Waals surface area contributed by atoms with Crippen LogP contribution in [-0.4, -0.2) is 122 Å². The first-order valence-corrected chi connectivity index (χ1v) is 32.7. The zero-order valence-corrected chi connectivity index (χ0v) is 53.5. The van der Waals surface area contributed by atoms with Crippen molar-refractivity contribution in [3.63, 3.8) is 0 Å². The van der Waals surface area contributed by atoms with Gasteiger partial charge in [0.1, 0.15) is 12.1 Å². The van der Waals surface area contributed by atoms with E-state index in [1.54, 1.807) is 35.4 Å². The minimum Gasteiger partial charge on any atom is -0.491 e. The van der Waals surface area contributed by atoms with E-state index in [-0.39, 0.29) is 73.7 Å². The summed E-state index contributed by atoms with van der Waals surface area (Å²) in [5, 5.41) is 30.8. The van der Waals surface area contributed by atoms with E-state index >= 15 is 4.39 Å². The minimum atomic E-state index is -1.14. The molecule has 468 valence electrons. The highest BCUT2D eigenvalue weighted by atomic mass is 32.1. The SMILES string of the molecule is Cc1ncsc1-c1ccc([C@H](C)NC(=O)[C@@H]2C[C@@H](O)CN2C(=O)[C@@H](NC(=O)CCCCCCCCC(=O)N(C)CC#Cc2ccc(OCCCc3sc(N4CCc5cccc(C(=O)Nc6nc7ccccc7s6)c5C4)nc3C(=O)O)c(F)c2)C(C)(C)C)cc1. The molecule has 2 aliphatic heterocycles. The van der Waals surface area contributed by atoms with Gasteiger partial charge in [-0.2, -0.15) is 0 Å². The van der Waals surface area contributed by atoms with Gasteiger partial charge in [0.05, 0.1) is 51.6 Å². The van der Waals surface area contributed by atoms with Crippen molar-refractivity contribution in [3.8, 4) is 28.0 Å². The van der Waals surface area contributed by atoms with E-state index in [0.29, 0.717) is 77.9 Å². The Labute approximate surface area is 530 Å². The Kier molecular flexibility index (Phi) is 22.0. The van der Waals surface area contributed by atoms with Crippen LogP contribution in [0.5, 0.6) is 5.75 Å². The number of para-hydroxylation sites is 1. The van der Waals surface area contributed by atoms with Crippen LogP contribution < -0.4 is 25.6 Å². The first kappa shape index (κ1) is 65.3. The number of fused-ring (bicyclic) bond motifs is 2. The Morgan fingerprint density at radius 2 is 1.65 bits per heavy atom. The van der Waals surface area contributed by atoms with Crippen LogP contribution in [0, 0.1) is 30.0 Å². The van der Waals surface area contributed by atoms with Crippen LogP contribution in [0.1, 0.15) is 152 Å². The molecular formula is C67H76FN9O9S3. The van der Waals surface area contributed by atoms with Gasteiger partial charge >= 0.3 is 5.97 Å². The summed E-state index contributed by atoms with van der Waals surface area (Å²) in [6, 6.07) is 23.5. The van der Waals surface area contributed by atoms with Crippen molar-refractivity contribution in [3.05, 3.63) is 140 Å². The normalized spacial score (nSPS) is 15.4. The van der Waals surface area contributed by atoms with Crippen LogP contribution in [0.25, 0.3) is 20.7 Å². The molecule has 3 aromatic heterocycles. The lowest BCUT2D eigenvalue weighted by Gasteiger charge is -2.35. The number of aromatic carboxylic acids is 1. The minimum absolute atomic E-state index is 0.00918. The fourth-order valence-electron chi connectivity index (χ4n) is 11.0. The number of aryl methyl sites for hydroxylation is 2. The number of benzene rings is 4. The molecule has 5 heterocycles. The first-order chi connectivity index (χ1) is 42.7.